The largest absolute Gasteiger partial charge is 0.481 e. The van der Waals surface area contributed by atoms with Gasteiger partial charge in [0.25, 0.3) is 0 Å². The second-order valence-corrected chi connectivity index (χ2v) is 13.2. The van der Waals surface area contributed by atoms with Gasteiger partial charge in [-0.2, -0.15) is 0 Å². The van der Waals surface area contributed by atoms with E-state index in [9.17, 15) is 15.0 Å². The van der Waals surface area contributed by atoms with Gasteiger partial charge in [0.05, 0.1) is 12.0 Å². The predicted octanol–water partition coefficient (Wildman–Crippen LogP) is 1.58. The molecule has 0 bridgehead atoms. The zero-order valence-corrected chi connectivity index (χ0v) is 19.0. The summed E-state index contributed by atoms with van der Waals surface area (Å²) in [5, 5.41) is 30.0. The Morgan fingerprint density at radius 2 is 2.07 bits per heavy atom. The summed E-state index contributed by atoms with van der Waals surface area (Å²) >= 11 is 0. The van der Waals surface area contributed by atoms with Gasteiger partial charge in [-0.25, -0.2) is 0 Å². The van der Waals surface area contributed by atoms with E-state index in [2.05, 4.69) is 24.6 Å². The van der Waals surface area contributed by atoms with Gasteiger partial charge in [0.1, 0.15) is 17.7 Å². The molecule has 1 fully saturated rings. The van der Waals surface area contributed by atoms with Gasteiger partial charge in [-0.3, -0.25) is 9.79 Å². The van der Waals surface area contributed by atoms with Gasteiger partial charge < -0.3 is 30.4 Å². The number of nitrogens with two attached hydrogens (primary N) is 1. The molecule has 1 aromatic rings. The van der Waals surface area contributed by atoms with E-state index in [-0.39, 0.29) is 5.92 Å². The van der Waals surface area contributed by atoms with Crippen LogP contribution < -0.4 is 11.2 Å². The van der Waals surface area contributed by atoms with E-state index in [1.807, 2.05) is 0 Å². The van der Waals surface area contributed by atoms with Crippen LogP contribution in [0, 0.1) is 5.92 Å². The van der Waals surface area contributed by atoms with Crippen molar-refractivity contribution in [2.45, 2.75) is 57.1 Å². The average Bonchev–Trinajstić information content (AvgIpc) is 2.93. The van der Waals surface area contributed by atoms with Crippen LogP contribution in [0.5, 0.6) is 0 Å². The molecule has 5 N–H and O–H groups in total. The van der Waals surface area contributed by atoms with Crippen LogP contribution in [0.15, 0.2) is 23.3 Å². The summed E-state index contributed by atoms with van der Waals surface area (Å²) in [6.07, 6.45) is 6.26. The third kappa shape index (κ3) is 6.98. The van der Waals surface area contributed by atoms with Crippen LogP contribution in [0.2, 0.25) is 0 Å². The minimum atomic E-state index is -1.26. The molecule has 0 amide bonds. The van der Waals surface area contributed by atoms with Gasteiger partial charge in [0.15, 0.2) is 6.23 Å². The molecule has 1 saturated heterocycles. The molecule has 30 heavy (non-hydrogen) atoms. The molecule has 5 atom stereocenters. The van der Waals surface area contributed by atoms with Gasteiger partial charge >= 0.3 is 5.97 Å². The van der Waals surface area contributed by atoms with Crippen molar-refractivity contribution in [1.82, 2.24) is 4.57 Å². The zero-order valence-electron chi connectivity index (χ0n) is 18.1. The Bertz CT molecular complexity index is 834. The molecule has 0 spiro atoms. The quantitative estimate of drug-likeness (QED) is 0.322. The van der Waals surface area contributed by atoms with E-state index >= 15 is 0 Å². The summed E-state index contributed by atoms with van der Waals surface area (Å²) in [6.45, 7) is 5.20. The van der Waals surface area contributed by atoms with Gasteiger partial charge in [0.2, 0.25) is 0 Å². The maximum absolute atomic E-state index is 10.9. The molecule has 1 aliphatic heterocycles. The summed E-state index contributed by atoms with van der Waals surface area (Å²) in [5.41, 5.74) is 7.02. The number of carboxylic acid groups (broad SMARTS) is 1. The molecule has 8 nitrogen and oxygen atoms in total. The number of ether oxygens (including phenoxy) is 1. The van der Waals surface area contributed by atoms with Crippen LogP contribution >= 0.6 is 6.89 Å². The number of aliphatic hydroxyl groups is 2. The standard InChI is InChI=1S/C21H36N3O5P/c1-14(21(27)28)7-5-6-10-23-17-13-15(22)8-11-24(17)20-19(26)18(25)16(29-20)9-12-30(2,3)4/h8,11,13-14,16,18-20,25-26H,2,5-7,9-10,12,22H2,1,3-4H3,(H,27,28)/t14?,16-,18-,19-,20-/m1/s1. The Hall–Kier alpha value is -1.60. The van der Waals surface area contributed by atoms with E-state index in [1.54, 1.807) is 29.8 Å². The molecule has 0 aromatic carbocycles. The Labute approximate surface area is 178 Å². The number of aliphatic hydroxyl groups excluding tert-OH is 2. The van der Waals surface area contributed by atoms with E-state index < -0.39 is 37.4 Å². The van der Waals surface area contributed by atoms with Crippen molar-refractivity contribution in [2.75, 3.05) is 31.8 Å². The van der Waals surface area contributed by atoms with Crippen molar-refractivity contribution in [1.29, 1.82) is 0 Å². The molecular formula is C21H36N3O5P. The van der Waals surface area contributed by atoms with Crippen molar-refractivity contribution >= 4 is 24.8 Å². The molecule has 9 heteroatoms. The van der Waals surface area contributed by atoms with Crippen LogP contribution in [0.1, 0.15) is 38.8 Å². The van der Waals surface area contributed by atoms with Gasteiger partial charge in [-0.15, -0.1) is 13.2 Å². The number of aromatic nitrogens is 1. The van der Waals surface area contributed by atoms with E-state index in [1.165, 1.54) is 0 Å². The molecule has 0 radical (unpaired) electrons. The van der Waals surface area contributed by atoms with E-state index in [0.717, 1.165) is 19.0 Å². The summed E-state index contributed by atoms with van der Waals surface area (Å²) in [4.78, 5) is 15.5. The number of nitrogen functional groups attached to an aromatic ring is 1. The lowest BCUT2D eigenvalue weighted by atomic mass is 10.0. The highest BCUT2D eigenvalue weighted by molar-refractivity contribution is 7.72. The highest BCUT2D eigenvalue weighted by atomic mass is 31.2. The molecule has 1 aromatic heterocycles. The monoisotopic (exact) mass is 441 g/mol. The number of anilines is 1. The van der Waals surface area contributed by atoms with Crippen LogP contribution in [-0.2, 0) is 9.53 Å². The van der Waals surface area contributed by atoms with Crippen molar-refractivity contribution in [2.24, 2.45) is 10.9 Å². The maximum atomic E-state index is 10.9. The predicted molar refractivity (Wildman–Crippen MR) is 121 cm³/mol. The van der Waals surface area contributed by atoms with E-state index in [0.29, 0.717) is 30.6 Å². The highest BCUT2D eigenvalue weighted by Gasteiger charge is 2.43. The number of unbranched alkanes of at least 4 members (excludes halogenated alkanes) is 1. The van der Waals surface area contributed by atoms with Crippen molar-refractivity contribution in [3.05, 3.63) is 23.8 Å². The molecule has 2 rings (SSSR count). The SMILES string of the molecule is C=P(C)(C)CC[C@H]1O[C@@H](n2ccc(N)cc2=NCCCCC(C)C(=O)O)[C@H](O)[C@@H]1O. The first kappa shape index (κ1) is 24.7. The van der Waals surface area contributed by atoms with Crippen molar-refractivity contribution < 1.29 is 24.9 Å². The first-order valence-corrected chi connectivity index (χ1v) is 13.4. The Balaban J connectivity index is 2.10. The first-order chi connectivity index (χ1) is 14.0. The smallest absolute Gasteiger partial charge is 0.306 e. The second kappa shape index (κ2) is 10.6. The van der Waals surface area contributed by atoms with Crippen LogP contribution in [0.25, 0.3) is 0 Å². The highest BCUT2D eigenvalue weighted by Crippen LogP contribution is 2.39. The number of carbonyl (C=O) groups is 1. The van der Waals surface area contributed by atoms with Crippen LogP contribution in [0.3, 0.4) is 0 Å². The third-order valence-corrected chi connectivity index (χ3v) is 6.83. The van der Waals surface area contributed by atoms with Gasteiger partial charge in [0, 0.05) is 24.5 Å². The molecular weight excluding hydrogens is 405 g/mol. The number of aliphatic carboxylic acids is 1. The van der Waals surface area contributed by atoms with Crippen LogP contribution in [-0.4, -0.2) is 76.5 Å². The van der Waals surface area contributed by atoms with Gasteiger partial charge in [-0.1, -0.05) is 13.3 Å². The van der Waals surface area contributed by atoms with Gasteiger partial charge in [-0.05, 0) is 44.8 Å². The number of hydrogen-bond acceptors (Lipinski definition) is 6. The molecule has 1 unspecified atom stereocenters. The van der Waals surface area contributed by atoms with E-state index in [4.69, 9.17) is 15.6 Å². The number of nitrogens with zero attached hydrogens (tertiary/aromatic N) is 2. The molecule has 2 heterocycles. The second-order valence-electron chi connectivity index (χ2n) is 8.84. The third-order valence-electron chi connectivity index (χ3n) is 5.36. The van der Waals surface area contributed by atoms with Crippen molar-refractivity contribution in [3.8, 4) is 0 Å². The number of rotatable bonds is 10. The fourth-order valence-electron chi connectivity index (χ4n) is 3.41. The normalized spacial score (nSPS) is 26.1. The van der Waals surface area contributed by atoms with Crippen molar-refractivity contribution in [3.63, 3.8) is 0 Å². The fourth-order valence-corrected chi connectivity index (χ4v) is 4.36. The Kier molecular flexibility index (Phi) is 8.73. The summed E-state index contributed by atoms with van der Waals surface area (Å²) in [6, 6.07) is 3.41. The minimum Gasteiger partial charge on any atom is -0.481 e. The zero-order chi connectivity index (χ0) is 22.5. The summed E-state index contributed by atoms with van der Waals surface area (Å²) in [7, 11) is 0. The lowest BCUT2D eigenvalue weighted by Gasteiger charge is -2.20. The van der Waals surface area contributed by atoms with Crippen LogP contribution in [0.4, 0.5) is 5.69 Å². The lowest BCUT2D eigenvalue weighted by molar-refractivity contribution is -0.141. The Morgan fingerprint density at radius 1 is 1.37 bits per heavy atom. The Morgan fingerprint density at radius 3 is 2.70 bits per heavy atom. The molecule has 0 saturated carbocycles. The summed E-state index contributed by atoms with van der Waals surface area (Å²) < 4.78 is 7.72. The molecule has 1 aliphatic rings. The number of hydrogen-bond donors (Lipinski definition) is 4. The molecule has 170 valence electrons. The average molecular weight is 442 g/mol. The number of pyridine rings is 1. The maximum Gasteiger partial charge on any atom is 0.306 e. The fraction of sp³-hybridized carbons (Fsp3) is 0.667. The topological polar surface area (TPSA) is 130 Å². The lowest BCUT2D eigenvalue weighted by Crippen LogP contribution is -2.35. The number of carboxylic acids is 1. The summed E-state index contributed by atoms with van der Waals surface area (Å²) in [5.74, 6) is -1.15. The first-order valence-electron chi connectivity index (χ1n) is 10.4. The minimum absolute atomic E-state index is 0.367. The molecule has 0 aliphatic carbocycles.